The Hall–Kier alpha value is -0.910. The van der Waals surface area contributed by atoms with Crippen LogP contribution in [0.2, 0.25) is 0 Å². The molecule has 2 N–H and O–H groups in total. The van der Waals surface area contributed by atoms with Crippen LogP contribution >= 0.6 is 0 Å². The Morgan fingerprint density at radius 3 is 2.75 bits per heavy atom. The van der Waals surface area contributed by atoms with Gasteiger partial charge in [0.05, 0.1) is 11.3 Å². The minimum Gasteiger partial charge on any atom is -0.388 e. The van der Waals surface area contributed by atoms with Crippen LogP contribution < -0.4 is 5.32 Å². The van der Waals surface area contributed by atoms with E-state index in [0.29, 0.717) is 19.6 Å². The summed E-state index contributed by atoms with van der Waals surface area (Å²) in [4.78, 5) is 1.97. The second-order valence-electron chi connectivity index (χ2n) is 4.82. The van der Waals surface area contributed by atoms with E-state index in [9.17, 15) is 5.11 Å². The molecular weight excluding hydrogens is 204 g/mol. The van der Waals surface area contributed by atoms with Crippen LogP contribution in [0, 0.1) is 0 Å². The number of likely N-dealkylation sites (N-methyl/N-ethyl adjacent to an activating group) is 1. The Kier molecular flexibility index (Phi) is 4.46. The van der Waals surface area contributed by atoms with Crippen LogP contribution in [0.3, 0.4) is 0 Å². The van der Waals surface area contributed by atoms with Crippen LogP contribution in [0.1, 0.15) is 12.6 Å². The summed E-state index contributed by atoms with van der Waals surface area (Å²) in [5, 5.41) is 17.5. The van der Waals surface area contributed by atoms with Crippen molar-refractivity contribution < 1.29 is 5.11 Å². The summed E-state index contributed by atoms with van der Waals surface area (Å²) in [6.07, 6.45) is 1.91. The summed E-state index contributed by atoms with van der Waals surface area (Å²) >= 11 is 0. The summed E-state index contributed by atoms with van der Waals surface area (Å²) in [5.41, 5.74) is 0.279. The lowest BCUT2D eigenvalue weighted by atomic mass is 10.1. The maximum absolute atomic E-state index is 10.0. The molecule has 0 aliphatic carbocycles. The van der Waals surface area contributed by atoms with Crippen molar-refractivity contribution in [3.05, 3.63) is 18.0 Å². The molecular formula is C11H22N4O. The second-order valence-corrected chi connectivity index (χ2v) is 4.82. The highest BCUT2D eigenvalue weighted by Gasteiger charge is 2.20. The molecule has 0 aromatic carbocycles. The van der Waals surface area contributed by atoms with Crippen molar-refractivity contribution in [1.29, 1.82) is 0 Å². The zero-order valence-electron chi connectivity index (χ0n) is 10.6. The molecule has 1 heterocycles. The first kappa shape index (κ1) is 13.2. The van der Waals surface area contributed by atoms with Crippen LogP contribution in [0.15, 0.2) is 12.3 Å². The van der Waals surface area contributed by atoms with Crippen molar-refractivity contribution in [2.45, 2.75) is 19.1 Å². The molecule has 0 aliphatic rings. The lowest BCUT2D eigenvalue weighted by molar-refractivity contribution is 0.0335. The highest BCUT2D eigenvalue weighted by Crippen LogP contribution is 2.03. The molecule has 0 saturated carbocycles. The van der Waals surface area contributed by atoms with Gasteiger partial charge in [0.2, 0.25) is 0 Å². The lowest BCUT2D eigenvalue weighted by Crippen LogP contribution is -2.45. The highest BCUT2D eigenvalue weighted by molar-refractivity contribution is 4.98. The third kappa shape index (κ3) is 4.74. The number of hydrogen-bond acceptors (Lipinski definition) is 4. The molecule has 16 heavy (non-hydrogen) atoms. The number of hydrogen-bond donors (Lipinski definition) is 2. The predicted molar refractivity (Wildman–Crippen MR) is 64.1 cm³/mol. The number of aromatic nitrogens is 2. The molecule has 0 spiro atoms. The van der Waals surface area contributed by atoms with E-state index in [1.807, 2.05) is 45.2 Å². The van der Waals surface area contributed by atoms with Crippen molar-refractivity contribution in [3.8, 4) is 0 Å². The molecule has 0 amide bonds. The van der Waals surface area contributed by atoms with Gasteiger partial charge in [-0.15, -0.1) is 0 Å². The van der Waals surface area contributed by atoms with Gasteiger partial charge < -0.3 is 15.3 Å². The summed E-state index contributed by atoms with van der Waals surface area (Å²) < 4.78 is 1.77. The van der Waals surface area contributed by atoms with Crippen LogP contribution in [-0.2, 0) is 13.6 Å². The number of rotatable bonds is 6. The fraction of sp³-hybridized carbons (Fsp3) is 0.727. The van der Waals surface area contributed by atoms with Gasteiger partial charge in [-0.05, 0) is 27.1 Å². The van der Waals surface area contributed by atoms with Gasteiger partial charge in [0.1, 0.15) is 0 Å². The molecule has 0 radical (unpaired) electrons. The van der Waals surface area contributed by atoms with Crippen LogP contribution in [0.4, 0.5) is 0 Å². The Balaban J connectivity index is 2.29. The van der Waals surface area contributed by atoms with E-state index < -0.39 is 5.60 Å². The largest absolute Gasteiger partial charge is 0.388 e. The normalized spacial score (nSPS) is 15.4. The van der Waals surface area contributed by atoms with Gasteiger partial charge in [0.15, 0.2) is 0 Å². The van der Waals surface area contributed by atoms with E-state index in [2.05, 4.69) is 10.4 Å². The first-order valence-electron chi connectivity index (χ1n) is 5.45. The quantitative estimate of drug-likeness (QED) is 0.707. The van der Waals surface area contributed by atoms with E-state index in [1.165, 1.54) is 0 Å². The maximum atomic E-state index is 10.0. The average molecular weight is 226 g/mol. The van der Waals surface area contributed by atoms with E-state index >= 15 is 0 Å². The Morgan fingerprint density at radius 1 is 1.56 bits per heavy atom. The van der Waals surface area contributed by atoms with Crippen LogP contribution in [-0.4, -0.2) is 52.6 Å². The SMILES string of the molecule is CN(C)CC(C)(O)CNCc1ccn(C)n1. The third-order valence-corrected chi connectivity index (χ3v) is 2.24. The van der Waals surface area contributed by atoms with Crippen LogP contribution in [0.5, 0.6) is 0 Å². The zero-order chi connectivity index (χ0) is 12.2. The molecule has 0 bridgehead atoms. The van der Waals surface area contributed by atoms with Gasteiger partial charge in [0.25, 0.3) is 0 Å². The molecule has 1 aromatic rings. The van der Waals surface area contributed by atoms with E-state index in [1.54, 1.807) is 4.68 Å². The number of nitrogens with one attached hydrogen (secondary N) is 1. The summed E-state index contributed by atoms with van der Waals surface area (Å²) in [6.45, 7) is 3.72. The first-order chi connectivity index (χ1) is 7.39. The Labute approximate surface area is 97.1 Å². The van der Waals surface area contributed by atoms with Crippen molar-refractivity contribution in [1.82, 2.24) is 20.0 Å². The van der Waals surface area contributed by atoms with Crippen molar-refractivity contribution in [2.24, 2.45) is 7.05 Å². The smallest absolute Gasteiger partial charge is 0.0869 e. The highest BCUT2D eigenvalue weighted by atomic mass is 16.3. The topological polar surface area (TPSA) is 53.3 Å². The maximum Gasteiger partial charge on any atom is 0.0869 e. The molecule has 0 fully saturated rings. The minimum absolute atomic E-state index is 0.557. The summed E-state index contributed by atoms with van der Waals surface area (Å²) in [5.74, 6) is 0. The molecule has 0 aliphatic heterocycles. The fourth-order valence-corrected chi connectivity index (χ4v) is 1.75. The van der Waals surface area contributed by atoms with Gasteiger partial charge >= 0.3 is 0 Å². The number of aliphatic hydroxyl groups is 1. The van der Waals surface area contributed by atoms with Gasteiger partial charge in [-0.25, -0.2) is 0 Å². The molecule has 5 nitrogen and oxygen atoms in total. The molecule has 5 heteroatoms. The zero-order valence-corrected chi connectivity index (χ0v) is 10.6. The minimum atomic E-state index is -0.710. The first-order valence-corrected chi connectivity index (χ1v) is 5.45. The van der Waals surface area contributed by atoms with E-state index in [0.717, 1.165) is 5.69 Å². The molecule has 1 aromatic heterocycles. The Bertz CT molecular complexity index is 320. The molecule has 1 rings (SSSR count). The summed E-state index contributed by atoms with van der Waals surface area (Å²) in [7, 11) is 5.80. The van der Waals surface area contributed by atoms with Crippen LogP contribution in [0.25, 0.3) is 0 Å². The molecule has 1 atom stereocenters. The van der Waals surface area contributed by atoms with Gasteiger partial charge in [0, 0.05) is 32.9 Å². The lowest BCUT2D eigenvalue weighted by Gasteiger charge is -2.27. The van der Waals surface area contributed by atoms with Crippen molar-refractivity contribution in [3.63, 3.8) is 0 Å². The molecule has 92 valence electrons. The number of aryl methyl sites for hydroxylation is 1. The predicted octanol–water partition coefficient (Wildman–Crippen LogP) is -0.178. The van der Waals surface area contributed by atoms with Crippen molar-refractivity contribution in [2.75, 3.05) is 27.2 Å². The van der Waals surface area contributed by atoms with E-state index in [-0.39, 0.29) is 0 Å². The third-order valence-electron chi connectivity index (χ3n) is 2.24. The van der Waals surface area contributed by atoms with Crippen molar-refractivity contribution >= 4 is 0 Å². The number of nitrogens with zero attached hydrogens (tertiary/aromatic N) is 3. The summed E-state index contributed by atoms with van der Waals surface area (Å²) in [6, 6.07) is 1.97. The second kappa shape index (κ2) is 5.43. The Morgan fingerprint density at radius 2 is 2.25 bits per heavy atom. The molecule has 0 saturated heterocycles. The fourth-order valence-electron chi connectivity index (χ4n) is 1.75. The average Bonchev–Trinajstić information content (AvgIpc) is 2.48. The van der Waals surface area contributed by atoms with Gasteiger partial charge in [-0.3, -0.25) is 4.68 Å². The monoisotopic (exact) mass is 226 g/mol. The standard InChI is InChI=1S/C11H22N4O/c1-11(16,9-14(2)3)8-12-7-10-5-6-15(4)13-10/h5-6,12,16H,7-9H2,1-4H3. The van der Waals surface area contributed by atoms with Gasteiger partial charge in [-0.2, -0.15) is 5.10 Å². The van der Waals surface area contributed by atoms with Gasteiger partial charge in [-0.1, -0.05) is 0 Å². The molecule has 1 unspecified atom stereocenters. The van der Waals surface area contributed by atoms with E-state index in [4.69, 9.17) is 0 Å².